The van der Waals surface area contributed by atoms with Gasteiger partial charge in [0, 0.05) is 26.2 Å². The van der Waals surface area contributed by atoms with Crippen molar-refractivity contribution in [1.82, 2.24) is 15.1 Å². The molecular weight excluding hydrogens is 273 g/mol. The summed E-state index contributed by atoms with van der Waals surface area (Å²) in [5, 5.41) is 3.26. The Hall–Kier alpha value is -0.0300. The van der Waals surface area contributed by atoms with Crippen molar-refractivity contribution >= 4 is 30.7 Å². The van der Waals surface area contributed by atoms with Gasteiger partial charge in [0.1, 0.15) is 0 Å². The summed E-state index contributed by atoms with van der Waals surface area (Å²) < 4.78 is 0. The van der Waals surface area contributed by atoms with Crippen molar-refractivity contribution in [2.75, 3.05) is 45.8 Å². The summed E-state index contributed by atoms with van der Waals surface area (Å²) in [5.41, 5.74) is 0. The van der Waals surface area contributed by atoms with Crippen LogP contribution in [0.2, 0.25) is 0 Å². The van der Waals surface area contributed by atoms with E-state index in [-0.39, 0.29) is 30.7 Å². The number of rotatable bonds is 5. The third kappa shape index (κ3) is 5.74. The fourth-order valence-corrected chi connectivity index (χ4v) is 2.13. The highest BCUT2D eigenvalue weighted by atomic mass is 35.5. The summed E-state index contributed by atoms with van der Waals surface area (Å²) in [5.74, 6) is 1.13. The molecular formula is C12H25Cl2N3O. The van der Waals surface area contributed by atoms with E-state index in [1.54, 1.807) is 0 Å². The lowest BCUT2D eigenvalue weighted by molar-refractivity contribution is -0.131. The zero-order valence-corrected chi connectivity index (χ0v) is 12.7. The number of hydrogen-bond donors (Lipinski definition) is 1. The first-order valence-electron chi connectivity index (χ1n) is 6.50. The van der Waals surface area contributed by atoms with E-state index in [9.17, 15) is 4.79 Å². The maximum absolute atomic E-state index is 11.8. The number of amides is 1. The van der Waals surface area contributed by atoms with Gasteiger partial charge in [0.15, 0.2) is 0 Å². The van der Waals surface area contributed by atoms with Gasteiger partial charge in [-0.05, 0) is 31.8 Å². The number of carbonyl (C=O) groups excluding carboxylic acids is 1. The number of piperazine rings is 1. The number of likely N-dealkylation sites (N-methyl/N-ethyl adjacent to an activating group) is 1. The Morgan fingerprint density at radius 2 is 1.78 bits per heavy atom. The average molecular weight is 298 g/mol. The molecule has 4 nitrogen and oxygen atoms in total. The molecule has 0 atom stereocenters. The zero-order chi connectivity index (χ0) is 11.4. The maximum atomic E-state index is 11.8. The molecule has 0 bridgehead atoms. The minimum atomic E-state index is 0. The van der Waals surface area contributed by atoms with Gasteiger partial charge in [-0.25, -0.2) is 0 Å². The van der Waals surface area contributed by atoms with Crippen molar-refractivity contribution in [3.05, 3.63) is 0 Å². The molecule has 1 aliphatic carbocycles. The molecule has 1 saturated carbocycles. The molecule has 2 aliphatic rings. The summed E-state index contributed by atoms with van der Waals surface area (Å²) in [4.78, 5) is 16.2. The van der Waals surface area contributed by atoms with Crippen molar-refractivity contribution in [2.24, 2.45) is 5.92 Å². The number of hydrogen-bond acceptors (Lipinski definition) is 3. The Morgan fingerprint density at radius 1 is 1.17 bits per heavy atom. The van der Waals surface area contributed by atoms with Gasteiger partial charge >= 0.3 is 0 Å². The molecule has 6 heteroatoms. The Kier molecular flexibility index (Phi) is 8.95. The minimum Gasteiger partial charge on any atom is -0.339 e. The molecule has 0 aromatic carbocycles. The Labute approximate surface area is 122 Å². The highest BCUT2D eigenvalue weighted by Gasteiger charge is 2.22. The van der Waals surface area contributed by atoms with Gasteiger partial charge in [0.25, 0.3) is 0 Å². The SMILES string of the molecule is CCN1CCN(C(=O)CNCC2CC2)CC1.Cl.Cl. The van der Waals surface area contributed by atoms with E-state index in [1.807, 2.05) is 4.90 Å². The van der Waals surface area contributed by atoms with E-state index in [2.05, 4.69) is 17.1 Å². The van der Waals surface area contributed by atoms with E-state index in [4.69, 9.17) is 0 Å². The molecule has 0 unspecified atom stereocenters. The molecule has 18 heavy (non-hydrogen) atoms. The van der Waals surface area contributed by atoms with Crippen LogP contribution in [0.15, 0.2) is 0 Å². The largest absolute Gasteiger partial charge is 0.339 e. The van der Waals surface area contributed by atoms with Crippen LogP contribution < -0.4 is 5.32 Å². The second-order valence-corrected chi connectivity index (χ2v) is 4.89. The first-order valence-corrected chi connectivity index (χ1v) is 6.50. The molecule has 1 aliphatic heterocycles. The Balaban J connectivity index is 0.00000144. The zero-order valence-electron chi connectivity index (χ0n) is 11.1. The second-order valence-electron chi connectivity index (χ2n) is 4.89. The number of nitrogens with zero attached hydrogens (tertiary/aromatic N) is 2. The van der Waals surface area contributed by atoms with Crippen LogP contribution in [0.4, 0.5) is 0 Å². The predicted molar refractivity (Wildman–Crippen MR) is 78.8 cm³/mol. The van der Waals surface area contributed by atoms with Gasteiger partial charge in [0.05, 0.1) is 6.54 Å². The summed E-state index contributed by atoms with van der Waals surface area (Å²) >= 11 is 0. The van der Waals surface area contributed by atoms with Crippen LogP contribution in [0.25, 0.3) is 0 Å². The van der Waals surface area contributed by atoms with Crippen molar-refractivity contribution < 1.29 is 4.79 Å². The van der Waals surface area contributed by atoms with Crippen LogP contribution in [0.1, 0.15) is 19.8 Å². The summed E-state index contributed by atoms with van der Waals surface area (Å²) in [6, 6.07) is 0. The van der Waals surface area contributed by atoms with Crippen molar-refractivity contribution in [3.8, 4) is 0 Å². The Bertz CT molecular complexity index is 241. The maximum Gasteiger partial charge on any atom is 0.236 e. The quantitative estimate of drug-likeness (QED) is 0.822. The molecule has 1 saturated heterocycles. The van der Waals surface area contributed by atoms with Crippen molar-refractivity contribution in [2.45, 2.75) is 19.8 Å². The Morgan fingerprint density at radius 3 is 2.28 bits per heavy atom. The van der Waals surface area contributed by atoms with Gasteiger partial charge in [-0.2, -0.15) is 0 Å². The molecule has 0 aromatic heterocycles. The summed E-state index contributed by atoms with van der Waals surface area (Å²) in [7, 11) is 0. The smallest absolute Gasteiger partial charge is 0.236 e. The van der Waals surface area contributed by atoms with Crippen LogP contribution >= 0.6 is 24.8 Å². The molecule has 1 amide bonds. The van der Waals surface area contributed by atoms with Crippen molar-refractivity contribution in [1.29, 1.82) is 0 Å². The van der Waals surface area contributed by atoms with Crippen LogP contribution in [-0.4, -0.2) is 61.5 Å². The molecule has 2 rings (SSSR count). The molecule has 1 N–H and O–H groups in total. The van der Waals surface area contributed by atoms with Crippen LogP contribution in [0.3, 0.4) is 0 Å². The van der Waals surface area contributed by atoms with Gasteiger partial charge in [-0.1, -0.05) is 6.92 Å². The summed E-state index contributed by atoms with van der Waals surface area (Å²) in [6.07, 6.45) is 2.69. The van der Waals surface area contributed by atoms with Crippen molar-refractivity contribution in [3.63, 3.8) is 0 Å². The minimum absolute atomic E-state index is 0. The molecule has 0 radical (unpaired) electrons. The van der Waals surface area contributed by atoms with E-state index in [0.717, 1.165) is 45.2 Å². The summed E-state index contributed by atoms with van der Waals surface area (Å²) in [6.45, 7) is 8.70. The number of nitrogens with one attached hydrogen (secondary N) is 1. The molecule has 0 aromatic rings. The first-order chi connectivity index (χ1) is 7.79. The molecule has 2 fully saturated rings. The van der Waals surface area contributed by atoms with Crippen LogP contribution in [0, 0.1) is 5.92 Å². The van der Waals surface area contributed by atoms with Gasteiger partial charge < -0.3 is 15.1 Å². The molecule has 108 valence electrons. The predicted octanol–water partition coefficient (Wildman–Crippen LogP) is 0.994. The van der Waals surface area contributed by atoms with Gasteiger partial charge in [0.2, 0.25) is 5.91 Å². The van der Waals surface area contributed by atoms with E-state index < -0.39 is 0 Å². The van der Waals surface area contributed by atoms with E-state index >= 15 is 0 Å². The van der Waals surface area contributed by atoms with E-state index in [0.29, 0.717) is 6.54 Å². The highest BCUT2D eigenvalue weighted by molar-refractivity contribution is 5.85. The number of carbonyl (C=O) groups is 1. The molecule has 0 spiro atoms. The normalized spacial score (nSPS) is 19.9. The monoisotopic (exact) mass is 297 g/mol. The molecule has 1 heterocycles. The topological polar surface area (TPSA) is 35.6 Å². The standard InChI is InChI=1S/C12H23N3O.2ClH/c1-2-14-5-7-15(8-6-14)12(16)10-13-9-11-3-4-11;;/h11,13H,2-10H2,1H3;2*1H. The lowest BCUT2D eigenvalue weighted by Crippen LogP contribution is -2.50. The lowest BCUT2D eigenvalue weighted by atomic mass is 10.3. The van der Waals surface area contributed by atoms with Crippen LogP contribution in [0.5, 0.6) is 0 Å². The lowest BCUT2D eigenvalue weighted by Gasteiger charge is -2.34. The van der Waals surface area contributed by atoms with Crippen LogP contribution in [-0.2, 0) is 4.79 Å². The van der Waals surface area contributed by atoms with Gasteiger partial charge in [-0.15, -0.1) is 24.8 Å². The number of halogens is 2. The average Bonchev–Trinajstić information content (AvgIpc) is 3.13. The van der Waals surface area contributed by atoms with Gasteiger partial charge in [-0.3, -0.25) is 4.79 Å². The fourth-order valence-electron chi connectivity index (χ4n) is 2.13. The van der Waals surface area contributed by atoms with E-state index in [1.165, 1.54) is 12.8 Å². The third-order valence-corrected chi connectivity index (χ3v) is 3.58. The third-order valence-electron chi connectivity index (χ3n) is 3.58. The second kappa shape index (κ2) is 8.97. The fraction of sp³-hybridized carbons (Fsp3) is 0.917. The highest BCUT2D eigenvalue weighted by Crippen LogP contribution is 2.27. The first kappa shape index (κ1) is 18.0.